The zero-order valence-corrected chi connectivity index (χ0v) is 18.2. The van der Waals surface area contributed by atoms with E-state index in [1.165, 1.54) is 12.3 Å². The summed E-state index contributed by atoms with van der Waals surface area (Å²) in [5, 5.41) is 5.68. The van der Waals surface area contributed by atoms with E-state index in [-0.39, 0.29) is 17.4 Å². The largest absolute Gasteiger partial charge is 0.433 e. The van der Waals surface area contributed by atoms with Gasteiger partial charge in [-0.1, -0.05) is 6.07 Å². The first kappa shape index (κ1) is 22.6. The maximum atomic E-state index is 12.9. The molecule has 1 atom stereocenters. The summed E-state index contributed by atoms with van der Waals surface area (Å²) in [6.07, 6.45) is -0.310. The van der Waals surface area contributed by atoms with Gasteiger partial charge in [-0.3, -0.25) is 14.9 Å². The third kappa shape index (κ3) is 5.07. The molecule has 0 saturated carbocycles. The van der Waals surface area contributed by atoms with Crippen molar-refractivity contribution in [1.82, 2.24) is 25.3 Å². The van der Waals surface area contributed by atoms with Gasteiger partial charge in [0.05, 0.1) is 11.7 Å². The van der Waals surface area contributed by atoms with Crippen molar-refractivity contribution < 1.29 is 18.0 Å². The van der Waals surface area contributed by atoms with E-state index in [4.69, 9.17) is 0 Å². The SMILES string of the molecule is BC1(B)CN(c2ccnc(NC(C)c3ccc(-c4ccnc(C(F)(F)F)c4)cn3)n2)C(=O)N1. The molecule has 1 aliphatic heterocycles. The Bertz CT molecular complexity index is 1170. The van der Waals surface area contributed by atoms with E-state index in [2.05, 4.69) is 30.6 Å². The number of carbonyl (C=O) groups excluding carboxylic acids is 1. The molecule has 168 valence electrons. The van der Waals surface area contributed by atoms with Crippen LogP contribution in [-0.2, 0) is 6.18 Å². The second-order valence-corrected chi connectivity index (χ2v) is 8.40. The number of hydrogen-bond donors (Lipinski definition) is 2. The number of hydrogen-bond acceptors (Lipinski definition) is 6. The van der Waals surface area contributed by atoms with E-state index < -0.39 is 11.9 Å². The standard InChI is InChI=1S/C20H20B2F3N7O/c1-11(29-17-27-7-5-16(30-17)32-10-19(21,22)31-18(32)33)14-3-2-13(9-28-14)12-4-6-26-15(8-12)20(23,24)25/h2-9,11H,10,21-22H2,1H3,(H,31,33)(H,27,29,30). The van der Waals surface area contributed by atoms with Crippen LogP contribution in [0.4, 0.5) is 29.7 Å². The smallest absolute Gasteiger partial charge is 0.346 e. The molecule has 3 aromatic rings. The van der Waals surface area contributed by atoms with Crippen molar-refractivity contribution in [2.45, 2.75) is 24.5 Å². The number of nitrogens with zero attached hydrogens (tertiary/aromatic N) is 5. The van der Waals surface area contributed by atoms with Crippen molar-refractivity contribution in [1.29, 1.82) is 0 Å². The Balaban J connectivity index is 1.48. The van der Waals surface area contributed by atoms with E-state index in [0.29, 0.717) is 35.1 Å². The van der Waals surface area contributed by atoms with Gasteiger partial charge in [0, 0.05) is 30.7 Å². The first-order valence-electron chi connectivity index (χ1n) is 10.2. The quantitative estimate of drug-likeness (QED) is 0.570. The number of alkyl halides is 3. The molecule has 1 saturated heterocycles. The number of pyridine rings is 2. The lowest BCUT2D eigenvalue weighted by Gasteiger charge is -2.18. The van der Waals surface area contributed by atoms with Crippen LogP contribution in [0.15, 0.2) is 48.9 Å². The summed E-state index contributed by atoms with van der Waals surface area (Å²) < 4.78 is 38.8. The van der Waals surface area contributed by atoms with Gasteiger partial charge in [0.25, 0.3) is 0 Å². The van der Waals surface area contributed by atoms with Crippen molar-refractivity contribution in [3.05, 3.63) is 60.3 Å². The number of anilines is 2. The molecular formula is C20H20B2F3N7O. The van der Waals surface area contributed by atoms with Gasteiger partial charge < -0.3 is 10.6 Å². The summed E-state index contributed by atoms with van der Waals surface area (Å²) in [6, 6.07) is 7.07. The summed E-state index contributed by atoms with van der Waals surface area (Å²) in [5.41, 5.74) is 0.615. The molecule has 4 rings (SSSR count). The molecule has 13 heteroatoms. The number of urea groups is 1. The van der Waals surface area contributed by atoms with Gasteiger partial charge in [0.15, 0.2) is 0 Å². The average Bonchev–Trinajstić information content (AvgIpc) is 3.05. The van der Waals surface area contributed by atoms with Crippen LogP contribution in [0, 0.1) is 0 Å². The highest BCUT2D eigenvalue weighted by molar-refractivity contribution is 6.42. The first-order chi connectivity index (χ1) is 15.5. The maximum Gasteiger partial charge on any atom is 0.433 e. The number of carbonyl (C=O) groups is 1. The van der Waals surface area contributed by atoms with Crippen LogP contribution in [0.2, 0.25) is 0 Å². The van der Waals surface area contributed by atoms with Gasteiger partial charge in [-0.2, -0.15) is 18.2 Å². The van der Waals surface area contributed by atoms with Crippen molar-refractivity contribution in [2.24, 2.45) is 0 Å². The second kappa shape index (κ2) is 8.38. The van der Waals surface area contributed by atoms with Crippen LogP contribution in [0.1, 0.15) is 24.4 Å². The Labute approximate surface area is 189 Å². The highest BCUT2D eigenvalue weighted by atomic mass is 19.4. The molecule has 1 fully saturated rings. The molecule has 0 aromatic carbocycles. The number of rotatable bonds is 5. The molecule has 2 amide bonds. The molecule has 0 aliphatic carbocycles. The van der Waals surface area contributed by atoms with Crippen molar-refractivity contribution in [3.8, 4) is 11.1 Å². The lowest BCUT2D eigenvalue weighted by molar-refractivity contribution is -0.141. The molecular weight excluding hydrogens is 433 g/mol. The number of amides is 2. The normalized spacial score (nSPS) is 16.4. The monoisotopic (exact) mass is 453 g/mol. The lowest BCUT2D eigenvalue weighted by atomic mass is 9.63. The average molecular weight is 453 g/mol. The van der Waals surface area contributed by atoms with Crippen LogP contribution in [0.5, 0.6) is 0 Å². The van der Waals surface area contributed by atoms with Gasteiger partial charge in [-0.15, -0.1) is 0 Å². The van der Waals surface area contributed by atoms with Crippen LogP contribution >= 0.6 is 0 Å². The van der Waals surface area contributed by atoms with E-state index >= 15 is 0 Å². The molecule has 3 aromatic heterocycles. The summed E-state index contributed by atoms with van der Waals surface area (Å²) in [5.74, 6) is 0.802. The molecule has 0 bridgehead atoms. The molecule has 0 radical (unpaired) electrons. The zero-order valence-electron chi connectivity index (χ0n) is 18.2. The summed E-state index contributed by atoms with van der Waals surface area (Å²) >= 11 is 0. The van der Waals surface area contributed by atoms with Crippen molar-refractivity contribution >= 4 is 33.5 Å². The Hall–Kier alpha value is -3.63. The molecule has 4 heterocycles. The van der Waals surface area contributed by atoms with Gasteiger partial charge in [-0.05, 0) is 42.1 Å². The van der Waals surface area contributed by atoms with E-state index in [1.807, 2.05) is 22.6 Å². The van der Waals surface area contributed by atoms with E-state index in [0.717, 1.165) is 12.3 Å². The highest BCUT2D eigenvalue weighted by Gasteiger charge is 2.36. The minimum atomic E-state index is -4.51. The van der Waals surface area contributed by atoms with Gasteiger partial charge in [0.1, 0.15) is 27.2 Å². The summed E-state index contributed by atoms with van der Waals surface area (Å²) in [4.78, 5) is 30.2. The minimum absolute atomic E-state index is 0.222. The molecule has 0 spiro atoms. The topological polar surface area (TPSA) is 95.9 Å². The Morgan fingerprint density at radius 1 is 1.12 bits per heavy atom. The first-order valence-corrected chi connectivity index (χ1v) is 10.2. The Kier molecular flexibility index (Phi) is 5.73. The van der Waals surface area contributed by atoms with E-state index in [9.17, 15) is 18.0 Å². The van der Waals surface area contributed by atoms with Crippen molar-refractivity contribution in [3.63, 3.8) is 0 Å². The minimum Gasteiger partial charge on any atom is -0.346 e. The maximum absolute atomic E-state index is 12.9. The number of nitrogens with one attached hydrogen (secondary N) is 2. The fraction of sp³-hybridized carbons (Fsp3) is 0.250. The van der Waals surface area contributed by atoms with Crippen LogP contribution in [0.3, 0.4) is 0 Å². The van der Waals surface area contributed by atoms with Crippen LogP contribution in [-0.4, -0.2) is 53.5 Å². The third-order valence-electron chi connectivity index (χ3n) is 5.12. The van der Waals surface area contributed by atoms with Gasteiger partial charge in [0.2, 0.25) is 5.95 Å². The summed E-state index contributed by atoms with van der Waals surface area (Å²) in [7, 11) is 3.86. The predicted molar refractivity (Wildman–Crippen MR) is 122 cm³/mol. The van der Waals surface area contributed by atoms with Gasteiger partial charge >= 0.3 is 12.2 Å². The number of halogens is 3. The molecule has 8 nitrogen and oxygen atoms in total. The molecule has 33 heavy (non-hydrogen) atoms. The Morgan fingerprint density at radius 3 is 2.52 bits per heavy atom. The van der Waals surface area contributed by atoms with E-state index in [1.54, 1.807) is 29.3 Å². The molecule has 1 unspecified atom stereocenters. The Morgan fingerprint density at radius 2 is 1.88 bits per heavy atom. The van der Waals surface area contributed by atoms with Crippen LogP contribution in [0.25, 0.3) is 11.1 Å². The van der Waals surface area contributed by atoms with Crippen molar-refractivity contribution in [2.75, 3.05) is 16.8 Å². The van der Waals surface area contributed by atoms with Gasteiger partial charge in [-0.25, -0.2) is 9.78 Å². The predicted octanol–water partition coefficient (Wildman–Crippen LogP) is 1.58. The highest BCUT2D eigenvalue weighted by Crippen LogP contribution is 2.30. The van der Waals surface area contributed by atoms with Crippen LogP contribution < -0.4 is 15.5 Å². The summed E-state index contributed by atoms with van der Waals surface area (Å²) in [6.45, 7) is 2.34. The second-order valence-electron chi connectivity index (χ2n) is 8.40. The fourth-order valence-electron chi connectivity index (χ4n) is 3.48. The molecule has 1 aliphatic rings. The fourth-order valence-corrected chi connectivity index (χ4v) is 3.48. The third-order valence-corrected chi connectivity index (χ3v) is 5.12. The lowest BCUT2D eigenvalue weighted by Crippen LogP contribution is -2.44. The molecule has 2 N–H and O–H groups in total. The number of aromatic nitrogens is 4. The zero-order chi connectivity index (χ0) is 23.8.